The van der Waals surface area contributed by atoms with Gasteiger partial charge in [-0.05, 0) is 18.6 Å². The molecule has 1 aliphatic heterocycles. The minimum absolute atomic E-state index is 0.0305. The van der Waals surface area contributed by atoms with Crippen LogP contribution in [0.1, 0.15) is 12.5 Å². The molecule has 1 fully saturated rings. The molecular formula is C15H19F3N2O7S. The minimum atomic E-state index is -5.84. The molecule has 0 aromatic heterocycles. The van der Waals surface area contributed by atoms with E-state index in [2.05, 4.69) is 11.5 Å². The monoisotopic (exact) mass is 428 g/mol. The fourth-order valence-corrected chi connectivity index (χ4v) is 2.27. The number of ether oxygens (including phenoxy) is 2. The van der Waals surface area contributed by atoms with Gasteiger partial charge in [-0.3, -0.25) is 14.7 Å². The summed E-state index contributed by atoms with van der Waals surface area (Å²) in [6.45, 7) is 8.41. The molecule has 2 rings (SSSR count). The average Bonchev–Trinajstić information content (AvgIpc) is 2.59. The number of nitro benzene ring substituents is 1. The van der Waals surface area contributed by atoms with Crippen molar-refractivity contribution >= 4 is 27.1 Å². The zero-order valence-electron chi connectivity index (χ0n) is 15.0. The molecule has 28 heavy (non-hydrogen) atoms. The number of allylic oxidation sites excluding steroid dienone is 1. The smallest absolute Gasteiger partial charge is 0.490 e. The van der Waals surface area contributed by atoms with Crippen molar-refractivity contribution in [3.05, 3.63) is 34.4 Å². The Balaban J connectivity index is 0.000000416. The second-order valence-electron chi connectivity index (χ2n) is 5.60. The van der Waals surface area contributed by atoms with Gasteiger partial charge < -0.3 is 14.4 Å². The fraction of sp³-hybridized carbons (Fsp3) is 0.467. The van der Waals surface area contributed by atoms with Crippen LogP contribution in [-0.4, -0.2) is 56.8 Å². The third-order valence-electron chi connectivity index (χ3n) is 3.59. The van der Waals surface area contributed by atoms with Gasteiger partial charge in [0.25, 0.3) is 0 Å². The highest BCUT2D eigenvalue weighted by molar-refractivity contribution is 7.86. The van der Waals surface area contributed by atoms with E-state index in [4.69, 9.17) is 22.4 Å². The first-order valence-electron chi connectivity index (χ1n) is 7.68. The number of halogens is 3. The van der Waals surface area contributed by atoms with Crippen LogP contribution in [0.25, 0.3) is 5.57 Å². The molecule has 158 valence electrons. The van der Waals surface area contributed by atoms with Gasteiger partial charge in [-0.2, -0.15) is 21.6 Å². The second kappa shape index (κ2) is 9.21. The first kappa shape index (κ1) is 23.7. The summed E-state index contributed by atoms with van der Waals surface area (Å²) in [6.07, 6.45) is 0. The normalized spacial score (nSPS) is 14.7. The van der Waals surface area contributed by atoms with Crippen LogP contribution in [0.3, 0.4) is 0 Å². The molecule has 0 saturated carbocycles. The van der Waals surface area contributed by atoms with Crippen LogP contribution < -0.4 is 9.64 Å². The first-order valence-corrected chi connectivity index (χ1v) is 9.12. The summed E-state index contributed by atoms with van der Waals surface area (Å²) in [7, 11) is -4.40. The molecule has 9 nitrogen and oxygen atoms in total. The summed E-state index contributed by atoms with van der Waals surface area (Å²) < 4.78 is 68.0. The Morgan fingerprint density at radius 3 is 2.21 bits per heavy atom. The van der Waals surface area contributed by atoms with Crippen molar-refractivity contribution in [2.45, 2.75) is 12.4 Å². The number of nitro groups is 1. The molecule has 0 atom stereocenters. The molecule has 1 aliphatic rings. The number of nitrogens with zero attached hydrogens (tertiary/aromatic N) is 2. The molecule has 1 aromatic rings. The Morgan fingerprint density at radius 1 is 1.36 bits per heavy atom. The fourth-order valence-electron chi connectivity index (χ4n) is 2.27. The minimum Gasteiger partial charge on any atom is -0.490 e. The third kappa shape index (κ3) is 6.07. The van der Waals surface area contributed by atoms with E-state index in [-0.39, 0.29) is 11.4 Å². The summed E-state index contributed by atoms with van der Waals surface area (Å²) in [5.41, 5.74) is -3.51. The topological polar surface area (TPSA) is 119 Å². The maximum atomic E-state index is 11.2. The molecule has 1 saturated heterocycles. The van der Waals surface area contributed by atoms with Gasteiger partial charge in [-0.1, -0.05) is 6.58 Å². The van der Waals surface area contributed by atoms with E-state index in [0.29, 0.717) is 24.4 Å². The number of hydrogen-bond donors (Lipinski definition) is 1. The van der Waals surface area contributed by atoms with Crippen molar-refractivity contribution in [3.63, 3.8) is 0 Å². The van der Waals surface area contributed by atoms with Gasteiger partial charge in [0.15, 0.2) is 5.75 Å². The summed E-state index contributed by atoms with van der Waals surface area (Å²) in [5.74, 6) is 0.261. The molecule has 0 radical (unpaired) electrons. The third-order valence-corrected chi connectivity index (χ3v) is 4.18. The van der Waals surface area contributed by atoms with Gasteiger partial charge in [-0.25, -0.2) is 0 Å². The van der Waals surface area contributed by atoms with Crippen LogP contribution in [0.4, 0.5) is 24.5 Å². The molecule has 0 bridgehead atoms. The van der Waals surface area contributed by atoms with Crippen LogP contribution in [-0.2, 0) is 14.9 Å². The molecule has 0 unspecified atom stereocenters. The second-order valence-corrected chi connectivity index (χ2v) is 7.01. The van der Waals surface area contributed by atoms with E-state index in [9.17, 15) is 23.3 Å². The van der Waals surface area contributed by atoms with Gasteiger partial charge in [0.1, 0.15) is 0 Å². The van der Waals surface area contributed by atoms with E-state index in [1.54, 1.807) is 19.1 Å². The zero-order chi connectivity index (χ0) is 21.7. The van der Waals surface area contributed by atoms with Crippen LogP contribution in [0.5, 0.6) is 5.75 Å². The Morgan fingerprint density at radius 2 is 1.86 bits per heavy atom. The van der Waals surface area contributed by atoms with Crippen molar-refractivity contribution < 1.29 is 40.5 Å². The molecule has 0 aliphatic carbocycles. The van der Waals surface area contributed by atoms with Gasteiger partial charge in [0.05, 0.1) is 30.8 Å². The Hall–Kier alpha value is -2.38. The number of methoxy groups -OCH3 is 1. The molecular weight excluding hydrogens is 409 g/mol. The molecule has 1 heterocycles. The number of anilines is 1. The number of morpholine rings is 1. The number of alkyl halides is 3. The van der Waals surface area contributed by atoms with E-state index in [0.717, 1.165) is 18.8 Å². The highest BCUT2D eigenvalue weighted by Crippen LogP contribution is 2.38. The van der Waals surface area contributed by atoms with E-state index in [1.807, 2.05) is 0 Å². The van der Waals surface area contributed by atoms with E-state index < -0.39 is 20.5 Å². The standard InChI is InChI=1S/C14H18N2O4.CHF3O3S/c1-10(2)12-8-11(15-4-6-20-7-5-15)9-13(19-3)14(12)16(17)18;2-1(3,4)8(5,6)7/h8-9H,1,4-7H2,2-3H3;(H,5,6,7). The summed E-state index contributed by atoms with van der Waals surface area (Å²) in [6, 6.07) is 3.50. The van der Waals surface area contributed by atoms with Gasteiger partial charge in [0.2, 0.25) is 0 Å². The summed E-state index contributed by atoms with van der Waals surface area (Å²) in [5, 5.41) is 11.2. The molecule has 13 heteroatoms. The number of benzene rings is 1. The highest BCUT2D eigenvalue weighted by atomic mass is 32.2. The lowest BCUT2D eigenvalue weighted by atomic mass is 10.0. The summed E-state index contributed by atoms with van der Waals surface area (Å²) >= 11 is 0. The van der Waals surface area contributed by atoms with Crippen molar-refractivity contribution in [1.82, 2.24) is 0 Å². The lowest BCUT2D eigenvalue weighted by molar-refractivity contribution is -0.386. The van der Waals surface area contributed by atoms with Crippen LogP contribution in [0.2, 0.25) is 0 Å². The van der Waals surface area contributed by atoms with Gasteiger partial charge >= 0.3 is 21.3 Å². The summed E-state index contributed by atoms with van der Waals surface area (Å²) in [4.78, 5) is 12.9. The van der Waals surface area contributed by atoms with Crippen molar-refractivity contribution in [2.75, 3.05) is 38.3 Å². The van der Waals surface area contributed by atoms with Gasteiger partial charge in [-0.15, -0.1) is 0 Å². The predicted octanol–water partition coefficient (Wildman–Crippen LogP) is 2.87. The lowest BCUT2D eigenvalue weighted by Gasteiger charge is -2.29. The molecule has 0 amide bonds. The van der Waals surface area contributed by atoms with E-state index >= 15 is 0 Å². The first-order chi connectivity index (χ1) is 12.8. The van der Waals surface area contributed by atoms with Crippen LogP contribution in [0, 0.1) is 10.1 Å². The van der Waals surface area contributed by atoms with Crippen LogP contribution >= 0.6 is 0 Å². The number of hydrogen-bond acceptors (Lipinski definition) is 7. The quantitative estimate of drug-likeness (QED) is 0.337. The number of rotatable bonds is 4. The molecule has 1 aromatic carbocycles. The lowest BCUT2D eigenvalue weighted by Crippen LogP contribution is -2.36. The Labute approximate surface area is 159 Å². The highest BCUT2D eigenvalue weighted by Gasteiger charge is 2.44. The van der Waals surface area contributed by atoms with E-state index in [1.165, 1.54) is 7.11 Å². The Kier molecular flexibility index (Phi) is 7.78. The predicted molar refractivity (Wildman–Crippen MR) is 95.0 cm³/mol. The average molecular weight is 428 g/mol. The molecule has 1 N–H and O–H groups in total. The van der Waals surface area contributed by atoms with Gasteiger partial charge in [0, 0.05) is 24.8 Å². The van der Waals surface area contributed by atoms with Crippen molar-refractivity contribution in [3.8, 4) is 5.75 Å². The maximum absolute atomic E-state index is 11.2. The molecule has 0 spiro atoms. The Bertz CT molecular complexity index is 835. The van der Waals surface area contributed by atoms with Crippen LogP contribution in [0.15, 0.2) is 18.7 Å². The van der Waals surface area contributed by atoms with Crippen molar-refractivity contribution in [1.29, 1.82) is 0 Å². The SMILES string of the molecule is C=C(C)c1cc(N2CCOCC2)cc(OC)c1[N+](=O)[O-].O=S(=O)(O)C(F)(F)F. The largest absolute Gasteiger partial charge is 0.522 e. The zero-order valence-corrected chi connectivity index (χ0v) is 15.8. The van der Waals surface area contributed by atoms with Crippen molar-refractivity contribution in [2.24, 2.45) is 0 Å². The maximum Gasteiger partial charge on any atom is 0.522 e.